The van der Waals surface area contributed by atoms with E-state index in [1.54, 1.807) is 0 Å². The predicted molar refractivity (Wildman–Crippen MR) is 57.5 cm³/mol. The highest BCUT2D eigenvalue weighted by molar-refractivity contribution is 5.56. The predicted octanol–water partition coefficient (Wildman–Crippen LogP) is 1.77. The number of nitrogen functional groups attached to an aromatic ring is 1. The molecule has 1 unspecified atom stereocenters. The second-order valence-electron chi connectivity index (χ2n) is 3.87. The van der Waals surface area contributed by atoms with E-state index < -0.39 is 0 Å². The molecule has 2 N–H and O–H groups in total. The minimum Gasteiger partial charge on any atom is -0.399 e. The Morgan fingerprint density at radius 1 is 1.53 bits per heavy atom. The summed E-state index contributed by atoms with van der Waals surface area (Å²) in [6.07, 6.45) is 6.12. The van der Waals surface area contributed by atoms with Gasteiger partial charge < -0.3 is 14.9 Å². The summed E-state index contributed by atoms with van der Waals surface area (Å²) in [5.74, 6) is 0.988. The molecular formula is C11H13N3O. The number of hydrogen-bond acceptors (Lipinski definition) is 3. The van der Waals surface area contributed by atoms with E-state index in [0.29, 0.717) is 0 Å². The van der Waals surface area contributed by atoms with Gasteiger partial charge in [-0.2, -0.15) is 0 Å². The fourth-order valence-corrected chi connectivity index (χ4v) is 2.06. The van der Waals surface area contributed by atoms with Gasteiger partial charge in [0, 0.05) is 18.5 Å². The summed E-state index contributed by atoms with van der Waals surface area (Å²) in [7, 11) is 0. The minimum absolute atomic E-state index is 0.149. The summed E-state index contributed by atoms with van der Waals surface area (Å²) in [4.78, 5) is 4.40. The van der Waals surface area contributed by atoms with Crippen molar-refractivity contribution in [2.45, 2.75) is 18.9 Å². The first kappa shape index (κ1) is 8.73. The number of fused-ring (bicyclic) bond motifs is 1. The number of anilines is 1. The standard InChI is InChI=1S/C11H13N3O/c12-8-3-4-14-9(6-8)7-13-11(14)10-2-1-5-15-10/h3-4,6-7,10H,1-2,5,12H2. The molecule has 1 saturated heterocycles. The van der Waals surface area contributed by atoms with Crippen LogP contribution in [0.3, 0.4) is 0 Å². The Morgan fingerprint density at radius 3 is 3.27 bits per heavy atom. The van der Waals surface area contributed by atoms with Crippen LogP contribution in [0.2, 0.25) is 0 Å². The lowest BCUT2D eigenvalue weighted by Crippen LogP contribution is -2.02. The topological polar surface area (TPSA) is 52.5 Å². The Kier molecular flexibility index (Phi) is 1.89. The Labute approximate surface area is 87.7 Å². The maximum atomic E-state index is 5.71. The van der Waals surface area contributed by atoms with Crippen molar-refractivity contribution in [1.82, 2.24) is 9.38 Å². The third kappa shape index (κ3) is 1.37. The molecule has 0 saturated carbocycles. The molecule has 15 heavy (non-hydrogen) atoms. The number of imidazole rings is 1. The van der Waals surface area contributed by atoms with E-state index in [9.17, 15) is 0 Å². The van der Waals surface area contributed by atoms with E-state index in [-0.39, 0.29) is 6.10 Å². The van der Waals surface area contributed by atoms with Crippen molar-refractivity contribution in [2.24, 2.45) is 0 Å². The van der Waals surface area contributed by atoms with Crippen LogP contribution in [0, 0.1) is 0 Å². The average Bonchev–Trinajstić information content (AvgIpc) is 2.82. The lowest BCUT2D eigenvalue weighted by Gasteiger charge is -2.08. The molecule has 1 atom stereocenters. The molecule has 0 spiro atoms. The molecule has 1 fully saturated rings. The molecule has 3 rings (SSSR count). The number of rotatable bonds is 1. The monoisotopic (exact) mass is 203 g/mol. The molecule has 3 heterocycles. The maximum absolute atomic E-state index is 5.71. The summed E-state index contributed by atoms with van der Waals surface area (Å²) >= 11 is 0. The van der Waals surface area contributed by atoms with E-state index in [1.165, 1.54) is 0 Å². The molecule has 78 valence electrons. The van der Waals surface area contributed by atoms with Gasteiger partial charge >= 0.3 is 0 Å². The molecule has 4 nitrogen and oxygen atoms in total. The Bertz CT molecular complexity index is 486. The second-order valence-corrected chi connectivity index (χ2v) is 3.87. The molecule has 0 aromatic carbocycles. The van der Waals surface area contributed by atoms with Gasteiger partial charge in [0.1, 0.15) is 11.9 Å². The maximum Gasteiger partial charge on any atom is 0.142 e. The summed E-state index contributed by atoms with van der Waals surface area (Å²) < 4.78 is 7.67. The number of nitrogens with zero attached hydrogens (tertiary/aromatic N) is 2. The highest BCUT2D eigenvalue weighted by Crippen LogP contribution is 2.28. The molecule has 2 aromatic heterocycles. The van der Waals surface area contributed by atoms with Crippen molar-refractivity contribution >= 4 is 11.2 Å². The van der Waals surface area contributed by atoms with Gasteiger partial charge in [-0.1, -0.05) is 0 Å². The van der Waals surface area contributed by atoms with E-state index in [2.05, 4.69) is 4.98 Å². The van der Waals surface area contributed by atoms with Crippen LogP contribution < -0.4 is 5.73 Å². The second kappa shape index (κ2) is 3.24. The van der Waals surface area contributed by atoms with Gasteiger partial charge in [0.15, 0.2) is 0 Å². The van der Waals surface area contributed by atoms with E-state index in [1.807, 2.05) is 28.9 Å². The zero-order valence-electron chi connectivity index (χ0n) is 8.39. The van der Waals surface area contributed by atoms with Gasteiger partial charge in [0.05, 0.1) is 11.7 Å². The van der Waals surface area contributed by atoms with Gasteiger partial charge in [-0.05, 0) is 25.0 Å². The van der Waals surface area contributed by atoms with Gasteiger partial charge in [-0.3, -0.25) is 0 Å². The SMILES string of the molecule is Nc1ccn2c(C3CCCO3)ncc2c1. The highest BCUT2D eigenvalue weighted by atomic mass is 16.5. The van der Waals surface area contributed by atoms with Crippen molar-refractivity contribution in [3.8, 4) is 0 Å². The number of pyridine rings is 1. The lowest BCUT2D eigenvalue weighted by molar-refractivity contribution is 0.104. The molecule has 0 radical (unpaired) electrons. The van der Waals surface area contributed by atoms with E-state index in [4.69, 9.17) is 10.5 Å². The zero-order chi connectivity index (χ0) is 10.3. The first-order chi connectivity index (χ1) is 7.34. The summed E-state index contributed by atoms with van der Waals surface area (Å²) in [6, 6.07) is 3.80. The minimum atomic E-state index is 0.149. The number of hydrogen-bond donors (Lipinski definition) is 1. The lowest BCUT2D eigenvalue weighted by atomic mass is 10.2. The molecule has 0 bridgehead atoms. The quantitative estimate of drug-likeness (QED) is 0.768. The van der Waals surface area contributed by atoms with Crippen LogP contribution >= 0.6 is 0 Å². The Morgan fingerprint density at radius 2 is 2.47 bits per heavy atom. The normalized spacial score (nSPS) is 21.2. The number of nitrogens with two attached hydrogens (primary N) is 1. The molecule has 2 aromatic rings. The van der Waals surface area contributed by atoms with Crippen molar-refractivity contribution < 1.29 is 4.74 Å². The molecule has 4 heteroatoms. The molecule has 1 aliphatic rings. The summed E-state index contributed by atoms with van der Waals surface area (Å²) in [6.45, 7) is 0.842. The van der Waals surface area contributed by atoms with Crippen LogP contribution in [0.4, 0.5) is 5.69 Å². The molecular weight excluding hydrogens is 190 g/mol. The fraction of sp³-hybridized carbons (Fsp3) is 0.364. The van der Waals surface area contributed by atoms with Gasteiger partial charge in [0.2, 0.25) is 0 Å². The van der Waals surface area contributed by atoms with E-state index >= 15 is 0 Å². The first-order valence-electron chi connectivity index (χ1n) is 5.19. The molecule has 0 aliphatic carbocycles. The number of ether oxygens (including phenoxy) is 1. The van der Waals surface area contributed by atoms with Crippen LogP contribution in [0.25, 0.3) is 5.52 Å². The van der Waals surface area contributed by atoms with Crippen LogP contribution in [0.1, 0.15) is 24.8 Å². The third-order valence-corrected chi connectivity index (χ3v) is 2.80. The van der Waals surface area contributed by atoms with Crippen LogP contribution in [-0.2, 0) is 4.74 Å². The summed E-state index contributed by atoms with van der Waals surface area (Å²) in [5, 5.41) is 0. The number of aromatic nitrogens is 2. The average molecular weight is 203 g/mol. The van der Waals surface area contributed by atoms with E-state index in [0.717, 1.165) is 36.5 Å². The van der Waals surface area contributed by atoms with Crippen molar-refractivity contribution in [3.63, 3.8) is 0 Å². The van der Waals surface area contributed by atoms with Crippen LogP contribution in [0.5, 0.6) is 0 Å². The highest BCUT2D eigenvalue weighted by Gasteiger charge is 2.21. The Hall–Kier alpha value is -1.55. The largest absolute Gasteiger partial charge is 0.399 e. The van der Waals surface area contributed by atoms with Crippen molar-refractivity contribution in [2.75, 3.05) is 12.3 Å². The van der Waals surface area contributed by atoms with Gasteiger partial charge in [-0.25, -0.2) is 4.98 Å². The molecule has 0 amide bonds. The van der Waals surface area contributed by atoms with Gasteiger partial charge in [-0.15, -0.1) is 0 Å². The first-order valence-corrected chi connectivity index (χ1v) is 5.19. The van der Waals surface area contributed by atoms with Crippen molar-refractivity contribution in [1.29, 1.82) is 0 Å². The zero-order valence-corrected chi connectivity index (χ0v) is 8.39. The Balaban J connectivity index is 2.11. The van der Waals surface area contributed by atoms with Crippen LogP contribution in [0.15, 0.2) is 24.5 Å². The van der Waals surface area contributed by atoms with Gasteiger partial charge in [0.25, 0.3) is 0 Å². The third-order valence-electron chi connectivity index (χ3n) is 2.80. The molecule has 1 aliphatic heterocycles. The van der Waals surface area contributed by atoms with Crippen LogP contribution in [-0.4, -0.2) is 16.0 Å². The summed E-state index contributed by atoms with van der Waals surface area (Å²) in [5.41, 5.74) is 7.51. The fourth-order valence-electron chi connectivity index (χ4n) is 2.06. The van der Waals surface area contributed by atoms with Crippen molar-refractivity contribution in [3.05, 3.63) is 30.4 Å². The smallest absolute Gasteiger partial charge is 0.142 e.